The maximum Gasteiger partial charge on any atom is 0.227 e. The molecule has 0 spiro atoms. The summed E-state index contributed by atoms with van der Waals surface area (Å²) in [4.78, 5) is 25.8. The van der Waals surface area contributed by atoms with Crippen LogP contribution in [0.2, 0.25) is 0 Å². The van der Waals surface area contributed by atoms with Gasteiger partial charge in [-0.2, -0.15) is 5.10 Å². The van der Waals surface area contributed by atoms with Gasteiger partial charge in [-0.1, -0.05) is 18.2 Å². The minimum atomic E-state index is -0.724. The Labute approximate surface area is 191 Å². The number of nitrogens with one attached hydrogen (secondary N) is 2. The Bertz CT molecular complexity index is 1300. The molecule has 4 aromatic rings. The zero-order chi connectivity index (χ0) is 23.4. The van der Waals surface area contributed by atoms with Crippen molar-refractivity contribution in [1.82, 2.24) is 25.5 Å². The minimum absolute atomic E-state index is 0.116. The quantitative estimate of drug-likeness (QED) is 0.323. The van der Waals surface area contributed by atoms with E-state index in [2.05, 4.69) is 30.5 Å². The van der Waals surface area contributed by atoms with Gasteiger partial charge < -0.3 is 16.8 Å². The summed E-state index contributed by atoms with van der Waals surface area (Å²) in [6, 6.07) is 13.2. The second kappa shape index (κ2) is 9.07. The zero-order valence-electron chi connectivity index (χ0n) is 18.5. The fraction of sp³-hybridized carbons (Fsp3) is 0.208. The molecule has 33 heavy (non-hydrogen) atoms. The van der Waals surface area contributed by atoms with Gasteiger partial charge in [0.25, 0.3) is 0 Å². The lowest BCUT2D eigenvalue weighted by Crippen LogP contribution is -2.38. The van der Waals surface area contributed by atoms with Crippen LogP contribution in [0.4, 0.5) is 11.5 Å². The van der Waals surface area contributed by atoms with Crippen molar-refractivity contribution < 1.29 is 4.79 Å². The van der Waals surface area contributed by atoms with Gasteiger partial charge in [0.05, 0.1) is 46.7 Å². The van der Waals surface area contributed by atoms with Crippen LogP contribution in [-0.4, -0.2) is 38.8 Å². The number of aromatic nitrogens is 4. The first-order valence-electron chi connectivity index (χ1n) is 10.5. The van der Waals surface area contributed by atoms with Crippen molar-refractivity contribution in [2.75, 3.05) is 18.0 Å². The number of nitrogens with two attached hydrogens (primary N) is 2. The number of rotatable bonds is 7. The molecule has 3 heterocycles. The molecule has 0 aliphatic carbocycles. The van der Waals surface area contributed by atoms with Crippen LogP contribution in [0.1, 0.15) is 25.1 Å². The standard InChI is InChI=1S/C24H26N8O/c1-24(2,23(33)29-12-16-5-3-4-9-28-16)14-27-13-18-21(25)17-7-6-15(19-8-10-30-32-19)11-20(17)31-22(18)26/h3-11,13H,12,14H2,1-2H3,(H,29,33)(H,30,32)(H4,25,26,31). The summed E-state index contributed by atoms with van der Waals surface area (Å²) in [5.41, 5.74) is 16.2. The number of carbonyl (C=O) groups excluding carboxylic acids is 1. The van der Waals surface area contributed by atoms with Crippen molar-refractivity contribution in [3.05, 3.63) is 66.1 Å². The number of pyridine rings is 2. The summed E-state index contributed by atoms with van der Waals surface area (Å²) in [6.45, 7) is 4.29. The molecule has 168 valence electrons. The van der Waals surface area contributed by atoms with Gasteiger partial charge in [-0.25, -0.2) is 4.98 Å². The Morgan fingerprint density at radius 2 is 2.03 bits per heavy atom. The molecular weight excluding hydrogens is 416 g/mol. The van der Waals surface area contributed by atoms with E-state index in [-0.39, 0.29) is 18.3 Å². The number of anilines is 2. The molecule has 0 aliphatic rings. The summed E-state index contributed by atoms with van der Waals surface area (Å²) in [7, 11) is 0. The molecule has 9 nitrogen and oxygen atoms in total. The highest BCUT2D eigenvalue weighted by Crippen LogP contribution is 2.29. The van der Waals surface area contributed by atoms with E-state index < -0.39 is 5.41 Å². The third kappa shape index (κ3) is 4.82. The summed E-state index contributed by atoms with van der Waals surface area (Å²) < 4.78 is 0. The van der Waals surface area contributed by atoms with Crippen molar-refractivity contribution in [3.63, 3.8) is 0 Å². The molecule has 0 atom stereocenters. The topological polar surface area (TPSA) is 148 Å². The molecule has 1 amide bonds. The lowest BCUT2D eigenvalue weighted by molar-refractivity contribution is -0.129. The van der Waals surface area contributed by atoms with Crippen molar-refractivity contribution in [3.8, 4) is 11.3 Å². The normalized spacial score (nSPS) is 11.8. The molecule has 0 saturated heterocycles. The van der Waals surface area contributed by atoms with E-state index in [1.807, 2.05) is 56.3 Å². The number of aliphatic imine (C=N–C) groups is 1. The van der Waals surface area contributed by atoms with Crippen LogP contribution in [0.15, 0.2) is 59.9 Å². The fourth-order valence-corrected chi connectivity index (χ4v) is 3.39. The summed E-state index contributed by atoms with van der Waals surface area (Å²) in [5, 5.41) is 10.6. The smallest absolute Gasteiger partial charge is 0.227 e. The molecule has 0 aliphatic heterocycles. The van der Waals surface area contributed by atoms with Gasteiger partial charge in [-0.05, 0) is 38.1 Å². The maximum absolute atomic E-state index is 12.6. The summed E-state index contributed by atoms with van der Waals surface area (Å²) in [6.07, 6.45) is 4.98. The number of nitrogen functional groups attached to an aromatic ring is 2. The SMILES string of the molecule is CC(C)(CN=Cc1c(N)nc2cc(-c3ccn[nH]3)ccc2c1N)C(=O)NCc1ccccn1. The van der Waals surface area contributed by atoms with Gasteiger partial charge >= 0.3 is 0 Å². The van der Waals surface area contributed by atoms with Crippen molar-refractivity contribution in [2.24, 2.45) is 10.4 Å². The van der Waals surface area contributed by atoms with Crippen molar-refractivity contribution >= 4 is 34.5 Å². The second-order valence-electron chi connectivity index (χ2n) is 8.38. The van der Waals surface area contributed by atoms with E-state index in [1.165, 1.54) is 0 Å². The van der Waals surface area contributed by atoms with Crippen LogP contribution in [-0.2, 0) is 11.3 Å². The Balaban J connectivity index is 1.48. The van der Waals surface area contributed by atoms with Crippen molar-refractivity contribution in [1.29, 1.82) is 0 Å². The first kappa shape index (κ1) is 21.9. The number of benzene rings is 1. The van der Waals surface area contributed by atoms with Crippen LogP contribution in [0, 0.1) is 5.41 Å². The highest BCUT2D eigenvalue weighted by molar-refractivity contribution is 6.05. The molecule has 3 aromatic heterocycles. The third-order valence-electron chi connectivity index (χ3n) is 5.38. The predicted octanol–water partition coefficient (Wildman–Crippen LogP) is 2.95. The summed E-state index contributed by atoms with van der Waals surface area (Å²) in [5.74, 6) is 0.164. The largest absolute Gasteiger partial charge is 0.398 e. The average molecular weight is 443 g/mol. The molecule has 9 heteroatoms. The Morgan fingerprint density at radius 1 is 1.18 bits per heavy atom. The highest BCUT2D eigenvalue weighted by Gasteiger charge is 2.27. The molecule has 0 radical (unpaired) electrons. The molecule has 6 N–H and O–H groups in total. The Hall–Kier alpha value is -4.27. The molecule has 0 fully saturated rings. The van der Waals surface area contributed by atoms with Crippen LogP contribution in [0.3, 0.4) is 0 Å². The predicted molar refractivity (Wildman–Crippen MR) is 130 cm³/mol. The number of carbonyl (C=O) groups is 1. The van der Waals surface area contributed by atoms with E-state index in [0.717, 1.165) is 22.3 Å². The Kier molecular flexibility index (Phi) is 6.03. The van der Waals surface area contributed by atoms with E-state index in [9.17, 15) is 4.79 Å². The molecular formula is C24H26N8O. The minimum Gasteiger partial charge on any atom is -0.398 e. The number of aromatic amines is 1. The number of nitrogens with zero attached hydrogens (tertiary/aromatic N) is 4. The van der Waals surface area contributed by atoms with Crippen molar-refractivity contribution in [2.45, 2.75) is 20.4 Å². The van der Waals surface area contributed by atoms with E-state index in [0.29, 0.717) is 23.3 Å². The number of amides is 1. The molecule has 0 bridgehead atoms. The van der Waals surface area contributed by atoms with Crippen LogP contribution < -0.4 is 16.8 Å². The van der Waals surface area contributed by atoms with Crippen LogP contribution >= 0.6 is 0 Å². The van der Waals surface area contributed by atoms with Gasteiger partial charge in [0.2, 0.25) is 5.91 Å². The monoisotopic (exact) mass is 442 g/mol. The van der Waals surface area contributed by atoms with Gasteiger partial charge in [0, 0.05) is 29.6 Å². The number of hydrogen-bond donors (Lipinski definition) is 4. The van der Waals surface area contributed by atoms with Gasteiger partial charge in [0.15, 0.2) is 0 Å². The van der Waals surface area contributed by atoms with Crippen LogP contribution in [0.5, 0.6) is 0 Å². The summed E-state index contributed by atoms with van der Waals surface area (Å²) >= 11 is 0. The average Bonchev–Trinajstić information content (AvgIpc) is 3.35. The first-order valence-corrected chi connectivity index (χ1v) is 10.5. The maximum atomic E-state index is 12.6. The Morgan fingerprint density at radius 3 is 2.76 bits per heavy atom. The highest BCUT2D eigenvalue weighted by atomic mass is 16.2. The molecule has 1 aromatic carbocycles. The lowest BCUT2D eigenvalue weighted by Gasteiger charge is -2.21. The number of H-pyrrole nitrogens is 1. The van der Waals surface area contributed by atoms with Gasteiger partial charge in [-0.15, -0.1) is 0 Å². The molecule has 0 saturated carbocycles. The van der Waals surface area contributed by atoms with Gasteiger partial charge in [-0.3, -0.25) is 19.9 Å². The zero-order valence-corrected chi connectivity index (χ0v) is 18.5. The third-order valence-corrected chi connectivity index (χ3v) is 5.38. The number of hydrogen-bond acceptors (Lipinski definition) is 7. The molecule has 0 unspecified atom stereocenters. The second-order valence-corrected chi connectivity index (χ2v) is 8.38. The van der Waals surface area contributed by atoms with Crippen LogP contribution in [0.25, 0.3) is 22.2 Å². The van der Waals surface area contributed by atoms with E-state index >= 15 is 0 Å². The fourth-order valence-electron chi connectivity index (χ4n) is 3.39. The molecule has 4 rings (SSSR count). The number of fused-ring (bicyclic) bond motifs is 1. The van der Waals surface area contributed by atoms with Gasteiger partial charge in [0.1, 0.15) is 5.82 Å². The van der Waals surface area contributed by atoms with E-state index in [4.69, 9.17) is 11.5 Å². The van der Waals surface area contributed by atoms with E-state index in [1.54, 1.807) is 18.6 Å². The lowest BCUT2D eigenvalue weighted by atomic mass is 9.92. The first-order chi connectivity index (χ1) is 15.8.